The first kappa shape index (κ1) is 13.1. The maximum atomic E-state index is 3.37. The molecule has 1 heterocycles. The van der Waals surface area contributed by atoms with Crippen LogP contribution in [0.5, 0.6) is 0 Å². The van der Waals surface area contributed by atoms with E-state index >= 15 is 0 Å². The molecule has 1 fully saturated rings. The fourth-order valence-corrected chi connectivity index (χ4v) is 0.900. The topological polar surface area (TPSA) is 24.1 Å². The van der Waals surface area contributed by atoms with Crippen LogP contribution in [0.25, 0.3) is 0 Å². The van der Waals surface area contributed by atoms with Gasteiger partial charge in [0.05, 0.1) is 0 Å². The van der Waals surface area contributed by atoms with Gasteiger partial charge in [0, 0.05) is 25.2 Å². The zero-order chi connectivity index (χ0) is 5.98. The Balaban J connectivity index is 0. The standard InChI is InChI=1S/C6H14N2.2ClH/c1-5-3-8-6(2)4-7-5;;/h5-8H,3-4H2,1-2H3;2*1H. The summed E-state index contributed by atoms with van der Waals surface area (Å²) in [4.78, 5) is 0. The highest BCUT2D eigenvalue weighted by atomic mass is 35.5. The van der Waals surface area contributed by atoms with Gasteiger partial charge < -0.3 is 10.6 Å². The lowest BCUT2D eigenvalue weighted by Gasteiger charge is -2.26. The van der Waals surface area contributed by atoms with Crippen molar-refractivity contribution in [3.63, 3.8) is 0 Å². The van der Waals surface area contributed by atoms with Gasteiger partial charge in [-0.1, -0.05) is 0 Å². The molecule has 2 atom stereocenters. The first-order valence-corrected chi connectivity index (χ1v) is 3.26. The van der Waals surface area contributed by atoms with Crippen molar-refractivity contribution >= 4 is 24.8 Å². The summed E-state index contributed by atoms with van der Waals surface area (Å²) in [7, 11) is 0. The molecule has 0 amide bonds. The Bertz CT molecular complexity index is 62.1. The number of hydrogen-bond acceptors (Lipinski definition) is 2. The molecule has 1 aliphatic heterocycles. The van der Waals surface area contributed by atoms with Gasteiger partial charge in [0.2, 0.25) is 0 Å². The number of halogens is 2. The molecule has 0 bridgehead atoms. The van der Waals surface area contributed by atoms with E-state index in [-0.39, 0.29) is 24.8 Å². The fraction of sp³-hybridized carbons (Fsp3) is 1.00. The predicted octanol–water partition coefficient (Wildman–Crippen LogP) is 0.800. The van der Waals surface area contributed by atoms with E-state index in [1.54, 1.807) is 0 Å². The van der Waals surface area contributed by atoms with Crippen LogP contribution in [0.4, 0.5) is 0 Å². The molecule has 0 aromatic rings. The zero-order valence-electron chi connectivity index (χ0n) is 6.39. The first-order chi connectivity index (χ1) is 3.79. The summed E-state index contributed by atoms with van der Waals surface area (Å²) < 4.78 is 0. The van der Waals surface area contributed by atoms with Crippen molar-refractivity contribution in [3.05, 3.63) is 0 Å². The van der Waals surface area contributed by atoms with Crippen molar-refractivity contribution in [1.82, 2.24) is 10.6 Å². The van der Waals surface area contributed by atoms with E-state index in [9.17, 15) is 0 Å². The third-order valence-corrected chi connectivity index (χ3v) is 1.54. The molecule has 0 radical (unpaired) electrons. The van der Waals surface area contributed by atoms with Crippen LogP contribution in [-0.2, 0) is 0 Å². The van der Waals surface area contributed by atoms with Crippen LogP contribution in [0.2, 0.25) is 0 Å². The van der Waals surface area contributed by atoms with Gasteiger partial charge in [0.25, 0.3) is 0 Å². The lowest BCUT2D eigenvalue weighted by atomic mass is 10.2. The van der Waals surface area contributed by atoms with E-state index in [0.717, 1.165) is 13.1 Å². The van der Waals surface area contributed by atoms with E-state index in [1.165, 1.54) is 0 Å². The summed E-state index contributed by atoms with van der Waals surface area (Å²) in [6, 6.07) is 1.32. The van der Waals surface area contributed by atoms with Gasteiger partial charge in [0.1, 0.15) is 0 Å². The zero-order valence-corrected chi connectivity index (χ0v) is 8.02. The maximum Gasteiger partial charge on any atom is 0.0164 e. The molecule has 0 aliphatic carbocycles. The van der Waals surface area contributed by atoms with Gasteiger partial charge in [0.15, 0.2) is 0 Å². The van der Waals surface area contributed by atoms with Crippen LogP contribution in [-0.4, -0.2) is 25.2 Å². The molecule has 2 N–H and O–H groups in total. The lowest BCUT2D eigenvalue weighted by molar-refractivity contribution is 0.376. The van der Waals surface area contributed by atoms with Gasteiger partial charge in [-0.05, 0) is 13.8 Å². The SMILES string of the molecule is CC1CNC(C)CN1.Cl.Cl. The molecular formula is C6H16Cl2N2. The molecular weight excluding hydrogens is 171 g/mol. The number of piperazine rings is 1. The fourth-order valence-electron chi connectivity index (χ4n) is 0.900. The van der Waals surface area contributed by atoms with Gasteiger partial charge in [-0.3, -0.25) is 0 Å². The molecule has 0 spiro atoms. The van der Waals surface area contributed by atoms with Gasteiger partial charge >= 0.3 is 0 Å². The summed E-state index contributed by atoms with van der Waals surface area (Å²) in [5.41, 5.74) is 0. The maximum absolute atomic E-state index is 3.37. The average molecular weight is 187 g/mol. The van der Waals surface area contributed by atoms with Crippen LogP contribution in [0, 0.1) is 0 Å². The van der Waals surface area contributed by atoms with E-state index < -0.39 is 0 Å². The molecule has 1 saturated heterocycles. The Morgan fingerprint density at radius 3 is 1.40 bits per heavy atom. The summed E-state index contributed by atoms with van der Waals surface area (Å²) in [6.07, 6.45) is 0. The minimum atomic E-state index is 0. The van der Waals surface area contributed by atoms with Crippen LogP contribution < -0.4 is 10.6 Å². The van der Waals surface area contributed by atoms with Crippen LogP contribution >= 0.6 is 24.8 Å². The number of hydrogen-bond donors (Lipinski definition) is 2. The van der Waals surface area contributed by atoms with Crippen LogP contribution in [0.3, 0.4) is 0 Å². The second-order valence-corrected chi connectivity index (χ2v) is 2.62. The Morgan fingerprint density at radius 2 is 1.20 bits per heavy atom. The van der Waals surface area contributed by atoms with E-state index in [2.05, 4.69) is 24.5 Å². The molecule has 10 heavy (non-hydrogen) atoms. The highest BCUT2D eigenvalue weighted by molar-refractivity contribution is 5.85. The molecule has 64 valence electrons. The van der Waals surface area contributed by atoms with Gasteiger partial charge in [-0.15, -0.1) is 24.8 Å². The van der Waals surface area contributed by atoms with E-state index in [4.69, 9.17) is 0 Å². The molecule has 4 heteroatoms. The monoisotopic (exact) mass is 186 g/mol. The Kier molecular flexibility index (Phi) is 8.17. The van der Waals surface area contributed by atoms with Gasteiger partial charge in [-0.25, -0.2) is 0 Å². The normalized spacial score (nSPS) is 31.8. The van der Waals surface area contributed by atoms with Crippen LogP contribution in [0.15, 0.2) is 0 Å². The highest BCUT2D eigenvalue weighted by Crippen LogP contribution is 1.89. The highest BCUT2D eigenvalue weighted by Gasteiger charge is 2.10. The summed E-state index contributed by atoms with van der Waals surface area (Å²) in [6.45, 7) is 6.61. The molecule has 0 saturated carbocycles. The largest absolute Gasteiger partial charge is 0.311 e. The van der Waals surface area contributed by atoms with Crippen molar-refractivity contribution in [1.29, 1.82) is 0 Å². The molecule has 1 rings (SSSR count). The third-order valence-electron chi connectivity index (χ3n) is 1.54. The number of nitrogens with one attached hydrogen (secondary N) is 2. The Hall–Kier alpha value is 0.500. The molecule has 1 aliphatic rings. The molecule has 2 nitrogen and oxygen atoms in total. The number of rotatable bonds is 0. The van der Waals surface area contributed by atoms with Crippen molar-refractivity contribution in [2.75, 3.05) is 13.1 Å². The van der Waals surface area contributed by atoms with Crippen molar-refractivity contribution in [2.45, 2.75) is 25.9 Å². The molecule has 0 aromatic carbocycles. The smallest absolute Gasteiger partial charge is 0.0164 e. The summed E-state index contributed by atoms with van der Waals surface area (Å²) in [5, 5.41) is 6.74. The quantitative estimate of drug-likeness (QED) is 0.586. The van der Waals surface area contributed by atoms with Crippen molar-refractivity contribution in [3.8, 4) is 0 Å². The van der Waals surface area contributed by atoms with E-state index in [0.29, 0.717) is 12.1 Å². The lowest BCUT2D eigenvalue weighted by Crippen LogP contribution is -2.51. The van der Waals surface area contributed by atoms with Crippen molar-refractivity contribution in [2.24, 2.45) is 0 Å². The third kappa shape index (κ3) is 4.34. The minimum absolute atomic E-state index is 0. The minimum Gasteiger partial charge on any atom is -0.311 e. The Morgan fingerprint density at radius 1 is 0.900 bits per heavy atom. The second-order valence-electron chi connectivity index (χ2n) is 2.62. The first-order valence-electron chi connectivity index (χ1n) is 3.26. The average Bonchev–Trinajstić information content (AvgIpc) is 1.77. The Labute approximate surface area is 75.0 Å². The molecule has 2 unspecified atom stereocenters. The van der Waals surface area contributed by atoms with Crippen molar-refractivity contribution < 1.29 is 0 Å². The second kappa shape index (κ2) is 6.23. The van der Waals surface area contributed by atoms with Crippen LogP contribution in [0.1, 0.15) is 13.8 Å². The molecule has 0 aromatic heterocycles. The summed E-state index contributed by atoms with van der Waals surface area (Å²) >= 11 is 0. The summed E-state index contributed by atoms with van der Waals surface area (Å²) in [5.74, 6) is 0. The van der Waals surface area contributed by atoms with Gasteiger partial charge in [-0.2, -0.15) is 0 Å². The predicted molar refractivity (Wildman–Crippen MR) is 49.4 cm³/mol. The van der Waals surface area contributed by atoms with E-state index in [1.807, 2.05) is 0 Å².